The molecule has 0 heterocycles. The molecule has 0 amide bonds. The molecule has 0 radical (unpaired) electrons. The molecule has 0 saturated carbocycles. The largest absolute Gasteiger partial charge is 0.303 e. The van der Waals surface area contributed by atoms with Gasteiger partial charge in [0.2, 0.25) is 0 Å². The van der Waals surface area contributed by atoms with E-state index in [1.807, 2.05) is 0 Å². The topological polar surface area (TPSA) is 12.0 Å². The van der Waals surface area contributed by atoms with Crippen molar-refractivity contribution in [3.63, 3.8) is 0 Å². The van der Waals surface area contributed by atoms with Gasteiger partial charge in [0.1, 0.15) is 0 Å². The molecule has 2 heteroatoms. The SMILES string of the molecule is CCC(NC(C)c1ccc(Br)cc1)c1ccc(C)cc1. The fraction of sp³-hybridized carbons (Fsp3) is 0.333. The molecule has 106 valence electrons. The third kappa shape index (κ3) is 3.94. The zero-order chi connectivity index (χ0) is 14.5. The number of halogens is 1. The Bertz CT molecular complexity index is 530. The highest BCUT2D eigenvalue weighted by Crippen LogP contribution is 2.23. The normalized spacial score (nSPS) is 14.0. The molecule has 1 N–H and O–H groups in total. The minimum atomic E-state index is 0.342. The van der Waals surface area contributed by atoms with Gasteiger partial charge in [-0.2, -0.15) is 0 Å². The van der Waals surface area contributed by atoms with E-state index in [9.17, 15) is 0 Å². The van der Waals surface area contributed by atoms with Crippen LogP contribution in [0.2, 0.25) is 0 Å². The van der Waals surface area contributed by atoms with Crippen LogP contribution in [0.15, 0.2) is 53.0 Å². The molecule has 2 unspecified atom stereocenters. The van der Waals surface area contributed by atoms with Crippen LogP contribution in [0.4, 0.5) is 0 Å². The van der Waals surface area contributed by atoms with Gasteiger partial charge in [-0.25, -0.2) is 0 Å². The summed E-state index contributed by atoms with van der Waals surface area (Å²) >= 11 is 3.48. The molecule has 1 nitrogen and oxygen atoms in total. The van der Waals surface area contributed by atoms with Crippen LogP contribution in [0, 0.1) is 6.92 Å². The third-order valence-corrected chi connectivity index (χ3v) is 4.24. The first kappa shape index (κ1) is 15.3. The van der Waals surface area contributed by atoms with Gasteiger partial charge in [0.05, 0.1) is 0 Å². The maximum Gasteiger partial charge on any atom is 0.0323 e. The third-order valence-electron chi connectivity index (χ3n) is 3.71. The van der Waals surface area contributed by atoms with E-state index in [0.717, 1.165) is 10.9 Å². The molecular formula is C18H22BrN. The second kappa shape index (κ2) is 7.05. The van der Waals surface area contributed by atoms with Crippen molar-refractivity contribution in [3.8, 4) is 0 Å². The molecule has 2 rings (SSSR count). The summed E-state index contributed by atoms with van der Waals surface area (Å²) in [5.41, 5.74) is 3.99. The maximum absolute atomic E-state index is 3.72. The molecule has 2 atom stereocenters. The van der Waals surface area contributed by atoms with Crippen LogP contribution in [0.3, 0.4) is 0 Å². The van der Waals surface area contributed by atoms with Crippen molar-refractivity contribution in [1.82, 2.24) is 5.32 Å². The monoisotopic (exact) mass is 331 g/mol. The van der Waals surface area contributed by atoms with Crippen LogP contribution in [0.5, 0.6) is 0 Å². The Labute approximate surface area is 130 Å². The van der Waals surface area contributed by atoms with Crippen molar-refractivity contribution in [2.75, 3.05) is 0 Å². The average molecular weight is 332 g/mol. The van der Waals surface area contributed by atoms with E-state index < -0.39 is 0 Å². The smallest absolute Gasteiger partial charge is 0.0323 e. The van der Waals surface area contributed by atoms with Crippen LogP contribution < -0.4 is 5.32 Å². The van der Waals surface area contributed by atoms with Crippen molar-refractivity contribution in [2.45, 2.75) is 39.3 Å². The molecule has 0 fully saturated rings. The van der Waals surface area contributed by atoms with E-state index >= 15 is 0 Å². The van der Waals surface area contributed by atoms with Gasteiger partial charge in [-0.15, -0.1) is 0 Å². The first-order chi connectivity index (χ1) is 9.60. The summed E-state index contributed by atoms with van der Waals surface area (Å²) in [6.07, 6.45) is 1.09. The number of aryl methyl sites for hydroxylation is 1. The Morgan fingerprint density at radius 3 is 2.05 bits per heavy atom. The summed E-state index contributed by atoms with van der Waals surface area (Å²) in [6.45, 7) is 6.58. The summed E-state index contributed by atoms with van der Waals surface area (Å²) in [5.74, 6) is 0. The molecule has 0 saturated heterocycles. The molecule has 2 aromatic rings. The Kier molecular flexibility index (Phi) is 5.38. The van der Waals surface area contributed by atoms with Crippen LogP contribution in [-0.4, -0.2) is 0 Å². The highest BCUT2D eigenvalue weighted by molar-refractivity contribution is 9.10. The van der Waals surface area contributed by atoms with E-state index in [0.29, 0.717) is 12.1 Å². The summed E-state index contributed by atoms with van der Waals surface area (Å²) in [5, 5.41) is 3.72. The maximum atomic E-state index is 3.72. The first-order valence-electron chi connectivity index (χ1n) is 7.18. The van der Waals surface area contributed by atoms with Gasteiger partial charge < -0.3 is 5.32 Å². The van der Waals surface area contributed by atoms with E-state index in [-0.39, 0.29) is 0 Å². The number of nitrogens with one attached hydrogen (secondary N) is 1. The van der Waals surface area contributed by atoms with Crippen molar-refractivity contribution in [3.05, 3.63) is 69.7 Å². The van der Waals surface area contributed by atoms with Gasteiger partial charge in [-0.3, -0.25) is 0 Å². The van der Waals surface area contributed by atoms with Gasteiger partial charge in [0.25, 0.3) is 0 Å². The molecule has 0 aliphatic carbocycles. The Balaban J connectivity index is 2.09. The molecule has 0 aliphatic heterocycles. The summed E-state index contributed by atoms with van der Waals surface area (Å²) in [4.78, 5) is 0. The molecule has 0 bridgehead atoms. The predicted molar refractivity (Wildman–Crippen MR) is 89.9 cm³/mol. The predicted octanol–water partition coefficient (Wildman–Crippen LogP) is 5.56. The standard InChI is InChI=1S/C18H22BrN/c1-4-18(16-7-5-13(2)6-8-16)20-14(3)15-9-11-17(19)12-10-15/h5-12,14,18,20H,4H2,1-3H3. The highest BCUT2D eigenvalue weighted by atomic mass is 79.9. The van der Waals surface area contributed by atoms with Gasteiger partial charge in [-0.1, -0.05) is 64.8 Å². The highest BCUT2D eigenvalue weighted by Gasteiger charge is 2.13. The Hall–Kier alpha value is -1.12. The lowest BCUT2D eigenvalue weighted by Crippen LogP contribution is -2.24. The van der Waals surface area contributed by atoms with E-state index in [1.165, 1.54) is 16.7 Å². The zero-order valence-corrected chi connectivity index (χ0v) is 13.9. The van der Waals surface area contributed by atoms with Crippen LogP contribution in [0.25, 0.3) is 0 Å². The number of benzene rings is 2. The molecule has 2 aromatic carbocycles. The van der Waals surface area contributed by atoms with Crippen molar-refractivity contribution < 1.29 is 0 Å². The number of rotatable bonds is 5. The average Bonchev–Trinajstić information content (AvgIpc) is 2.46. The van der Waals surface area contributed by atoms with Gasteiger partial charge in [0.15, 0.2) is 0 Å². The number of hydrogen-bond donors (Lipinski definition) is 1. The van der Waals surface area contributed by atoms with E-state index in [4.69, 9.17) is 0 Å². The second-order valence-electron chi connectivity index (χ2n) is 5.31. The lowest BCUT2D eigenvalue weighted by molar-refractivity contribution is 0.456. The van der Waals surface area contributed by atoms with Gasteiger partial charge >= 0.3 is 0 Å². The Morgan fingerprint density at radius 2 is 1.50 bits per heavy atom. The molecule has 0 aromatic heterocycles. The summed E-state index contributed by atoms with van der Waals surface area (Å²) < 4.78 is 1.12. The summed E-state index contributed by atoms with van der Waals surface area (Å²) in [6, 6.07) is 18.1. The van der Waals surface area contributed by atoms with E-state index in [1.54, 1.807) is 0 Å². The van der Waals surface area contributed by atoms with Crippen LogP contribution in [-0.2, 0) is 0 Å². The van der Waals surface area contributed by atoms with Crippen molar-refractivity contribution >= 4 is 15.9 Å². The zero-order valence-electron chi connectivity index (χ0n) is 12.4. The molecular weight excluding hydrogens is 310 g/mol. The summed E-state index contributed by atoms with van der Waals surface area (Å²) in [7, 11) is 0. The first-order valence-corrected chi connectivity index (χ1v) is 7.97. The Morgan fingerprint density at radius 1 is 0.950 bits per heavy atom. The lowest BCUT2D eigenvalue weighted by Gasteiger charge is -2.23. The van der Waals surface area contributed by atoms with Crippen molar-refractivity contribution in [1.29, 1.82) is 0 Å². The number of hydrogen-bond acceptors (Lipinski definition) is 1. The van der Waals surface area contributed by atoms with Crippen molar-refractivity contribution in [2.24, 2.45) is 0 Å². The van der Waals surface area contributed by atoms with Gasteiger partial charge in [0, 0.05) is 16.6 Å². The second-order valence-corrected chi connectivity index (χ2v) is 6.23. The van der Waals surface area contributed by atoms with Gasteiger partial charge in [-0.05, 0) is 43.5 Å². The van der Waals surface area contributed by atoms with Crippen LogP contribution in [0.1, 0.15) is 49.0 Å². The minimum absolute atomic E-state index is 0.342. The van der Waals surface area contributed by atoms with E-state index in [2.05, 4.69) is 90.5 Å². The van der Waals surface area contributed by atoms with Crippen LogP contribution >= 0.6 is 15.9 Å². The fourth-order valence-corrected chi connectivity index (χ4v) is 2.66. The minimum Gasteiger partial charge on any atom is -0.303 e. The molecule has 0 aliphatic rings. The fourth-order valence-electron chi connectivity index (χ4n) is 2.40. The quantitative estimate of drug-likeness (QED) is 0.756. The molecule has 0 spiro atoms. The lowest BCUT2D eigenvalue weighted by atomic mass is 10.0. The molecule has 20 heavy (non-hydrogen) atoms.